The first-order chi connectivity index (χ1) is 13.7. The van der Waals surface area contributed by atoms with E-state index in [0.717, 1.165) is 11.2 Å². The maximum Gasteiger partial charge on any atom is 0.355 e. The number of anilines is 2. The fraction of sp³-hybridized carbons (Fsp3) is 0.421. The van der Waals surface area contributed by atoms with Crippen molar-refractivity contribution in [2.45, 2.75) is 0 Å². The monoisotopic (exact) mass is 404 g/mol. The highest BCUT2D eigenvalue weighted by atomic mass is 16.5. The van der Waals surface area contributed by atoms with Crippen molar-refractivity contribution in [1.29, 1.82) is 0 Å². The number of carbonyl (C=O) groups is 2. The summed E-state index contributed by atoms with van der Waals surface area (Å²) >= 11 is 0. The SMILES string of the molecule is COC(=O)C1=C(C(=O)OC)N(c2cc3c(cc2N(C)C)n(C)c(=O)n3C)COC1. The number of aryl methyl sites for hydroxylation is 2. The molecule has 1 aromatic carbocycles. The summed E-state index contributed by atoms with van der Waals surface area (Å²) in [6, 6.07) is 3.64. The molecule has 29 heavy (non-hydrogen) atoms. The maximum atomic E-state index is 12.6. The standard InChI is InChI=1S/C19H24N4O6/c1-20(2)12-7-13-14(22(4)19(26)21(13)3)8-15(12)23-10-29-9-11(17(24)27-5)16(23)18(25)28-6/h7-8H,9-10H2,1-6H3. The van der Waals surface area contributed by atoms with Gasteiger partial charge in [-0.2, -0.15) is 0 Å². The van der Waals surface area contributed by atoms with Gasteiger partial charge in [0.1, 0.15) is 12.4 Å². The summed E-state index contributed by atoms with van der Waals surface area (Å²) in [4.78, 5) is 40.7. The fourth-order valence-corrected chi connectivity index (χ4v) is 3.43. The number of carbonyl (C=O) groups excluding carboxylic acids is 2. The second kappa shape index (κ2) is 7.63. The molecule has 0 unspecified atom stereocenters. The summed E-state index contributed by atoms with van der Waals surface area (Å²) in [6.07, 6.45) is 0. The molecule has 0 amide bonds. The Bertz CT molecular complexity index is 1080. The van der Waals surface area contributed by atoms with Crippen molar-refractivity contribution in [1.82, 2.24) is 9.13 Å². The van der Waals surface area contributed by atoms with Crippen LogP contribution in [0.5, 0.6) is 0 Å². The van der Waals surface area contributed by atoms with Crippen molar-refractivity contribution in [3.63, 3.8) is 0 Å². The number of esters is 2. The number of nitrogens with zero attached hydrogens (tertiary/aromatic N) is 4. The van der Waals surface area contributed by atoms with E-state index in [1.54, 1.807) is 29.6 Å². The maximum absolute atomic E-state index is 12.6. The summed E-state index contributed by atoms with van der Waals surface area (Å²) < 4.78 is 18.4. The van der Waals surface area contributed by atoms with E-state index in [-0.39, 0.29) is 30.3 Å². The van der Waals surface area contributed by atoms with Crippen LogP contribution in [0.1, 0.15) is 0 Å². The quantitative estimate of drug-likeness (QED) is 0.673. The van der Waals surface area contributed by atoms with Gasteiger partial charge in [0.25, 0.3) is 0 Å². The van der Waals surface area contributed by atoms with Gasteiger partial charge in [-0.05, 0) is 12.1 Å². The van der Waals surface area contributed by atoms with Gasteiger partial charge in [0, 0.05) is 28.2 Å². The third kappa shape index (κ3) is 3.25. The summed E-state index contributed by atoms with van der Waals surface area (Å²) in [7, 11) is 9.55. The van der Waals surface area contributed by atoms with Crippen molar-refractivity contribution >= 4 is 34.3 Å². The van der Waals surface area contributed by atoms with Crippen LogP contribution in [0.25, 0.3) is 11.0 Å². The molecule has 10 heteroatoms. The van der Waals surface area contributed by atoms with Crippen LogP contribution in [-0.2, 0) is 37.9 Å². The Morgan fingerprint density at radius 1 is 1.03 bits per heavy atom. The number of aromatic nitrogens is 2. The van der Waals surface area contributed by atoms with Gasteiger partial charge in [-0.15, -0.1) is 0 Å². The Morgan fingerprint density at radius 2 is 1.62 bits per heavy atom. The largest absolute Gasteiger partial charge is 0.466 e. The molecule has 3 rings (SSSR count). The zero-order valence-corrected chi connectivity index (χ0v) is 17.3. The summed E-state index contributed by atoms with van der Waals surface area (Å²) in [5.41, 5.74) is 2.68. The first kappa shape index (κ1) is 20.5. The van der Waals surface area contributed by atoms with Crippen molar-refractivity contribution in [2.24, 2.45) is 14.1 Å². The van der Waals surface area contributed by atoms with E-state index in [9.17, 15) is 14.4 Å². The predicted molar refractivity (Wildman–Crippen MR) is 107 cm³/mol. The van der Waals surface area contributed by atoms with Crippen LogP contribution in [0.3, 0.4) is 0 Å². The number of fused-ring (bicyclic) bond motifs is 1. The highest BCUT2D eigenvalue weighted by Gasteiger charge is 2.34. The molecule has 156 valence electrons. The lowest BCUT2D eigenvalue weighted by molar-refractivity contribution is -0.140. The molecule has 0 radical (unpaired) electrons. The predicted octanol–water partition coefficient (Wildman–Crippen LogP) is 0.337. The average molecular weight is 404 g/mol. The smallest absolute Gasteiger partial charge is 0.355 e. The molecular formula is C19H24N4O6. The molecule has 2 aromatic rings. The first-order valence-corrected chi connectivity index (χ1v) is 8.84. The summed E-state index contributed by atoms with van der Waals surface area (Å²) in [5.74, 6) is -1.35. The van der Waals surface area contributed by atoms with E-state index >= 15 is 0 Å². The normalized spacial score (nSPS) is 14.3. The van der Waals surface area contributed by atoms with Gasteiger partial charge in [-0.25, -0.2) is 14.4 Å². The summed E-state index contributed by atoms with van der Waals surface area (Å²) in [5, 5.41) is 0. The molecule has 0 fully saturated rings. The second-order valence-corrected chi connectivity index (χ2v) is 6.84. The van der Waals surface area contributed by atoms with Crippen molar-refractivity contribution in [2.75, 3.05) is 51.5 Å². The molecule has 1 aromatic heterocycles. The number of rotatable bonds is 4. The number of methoxy groups -OCH3 is 2. The highest BCUT2D eigenvalue weighted by Crippen LogP contribution is 2.37. The Hall–Kier alpha value is -3.27. The molecule has 0 bridgehead atoms. The lowest BCUT2D eigenvalue weighted by Crippen LogP contribution is -2.39. The average Bonchev–Trinajstić information content (AvgIpc) is 2.94. The molecule has 1 aliphatic rings. The molecule has 0 aliphatic carbocycles. The third-order valence-electron chi connectivity index (χ3n) is 4.97. The third-order valence-corrected chi connectivity index (χ3v) is 4.97. The van der Waals surface area contributed by atoms with E-state index in [4.69, 9.17) is 14.2 Å². The molecule has 0 N–H and O–H groups in total. The molecule has 2 heterocycles. The Labute approximate surface area is 167 Å². The van der Waals surface area contributed by atoms with E-state index in [0.29, 0.717) is 11.2 Å². The second-order valence-electron chi connectivity index (χ2n) is 6.84. The van der Waals surface area contributed by atoms with Gasteiger partial charge >= 0.3 is 17.6 Å². The lowest BCUT2D eigenvalue weighted by atomic mass is 10.1. The minimum Gasteiger partial charge on any atom is -0.466 e. The van der Waals surface area contributed by atoms with Crippen LogP contribution in [-0.4, -0.2) is 62.7 Å². The topological polar surface area (TPSA) is 95.2 Å². The Kier molecular flexibility index (Phi) is 5.38. The van der Waals surface area contributed by atoms with Gasteiger partial charge in [-0.3, -0.25) is 9.13 Å². The van der Waals surface area contributed by atoms with E-state index in [1.165, 1.54) is 18.8 Å². The van der Waals surface area contributed by atoms with E-state index < -0.39 is 11.9 Å². The number of ether oxygens (including phenoxy) is 3. The molecule has 0 saturated carbocycles. The first-order valence-electron chi connectivity index (χ1n) is 8.84. The number of benzene rings is 1. The lowest BCUT2D eigenvalue weighted by Gasteiger charge is -2.33. The zero-order valence-electron chi connectivity index (χ0n) is 17.3. The van der Waals surface area contributed by atoms with Crippen LogP contribution >= 0.6 is 0 Å². The van der Waals surface area contributed by atoms with Crippen LogP contribution < -0.4 is 15.5 Å². The molecule has 0 saturated heterocycles. The van der Waals surface area contributed by atoms with Crippen LogP contribution in [0.15, 0.2) is 28.2 Å². The molecule has 10 nitrogen and oxygen atoms in total. The molecular weight excluding hydrogens is 380 g/mol. The van der Waals surface area contributed by atoms with Crippen molar-refractivity contribution in [3.8, 4) is 0 Å². The van der Waals surface area contributed by atoms with Gasteiger partial charge < -0.3 is 24.0 Å². The van der Waals surface area contributed by atoms with E-state index in [1.807, 2.05) is 25.1 Å². The highest BCUT2D eigenvalue weighted by molar-refractivity contribution is 6.04. The van der Waals surface area contributed by atoms with Gasteiger partial charge in [0.05, 0.1) is 48.8 Å². The van der Waals surface area contributed by atoms with Gasteiger partial charge in [0.15, 0.2) is 0 Å². The van der Waals surface area contributed by atoms with Crippen LogP contribution in [0, 0.1) is 0 Å². The fourth-order valence-electron chi connectivity index (χ4n) is 3.43. The number of hydrogen-bond donors (Lipinski definition) is 0. The minimum atomic E-state index is -0.680. The van der Waals surface area contributed by atoms with E-state index in [2.05, 4.69) is 0 Å². The molecule has 0 atom stereocenters. The zero-order chi connectivity index (χ0) is 21.5. The molecule has 1 aliphatic heterocycles. The van der Waals surface area contributed by atoms with Crippen molar-refractivity contribution < 1.29 is 23.8 Å². The number of hydrogen-bond acceptors (Lipinski definition) is 8. The van der Waals surface area contributed by atoms with Gasteiger partial charge in [-0.1, -0.05) is 0 Å². The number of imidazole rings is 1. The Balaban J connectivity index is 2.33. The van der Waals surface area contributed by atoms with Crippen LogP contribution in [0.2, 0.25) is 0 Å². The molecule has 0 spiro atoms. The van der Waals surface area contributed by atoms with Crippen molar-refractivity contribution in [3.05, 3.63) is 33.9 Å². The van der Waals surface area contributed by atoms with Crippen LogP contribution in [0.4, 0.5) is 11.4 Å². The summed E-state index contributed by atoms with van der Waals surface area (Å²) in [6.45, 7) is -0.0466. The minimum absolute atomic E-state index is 0.0258. The van der Waals surface area contributed by atoms with Gasteiger partial charge in [0.2, 0.25) is 0 Å². The Morgan fingerprint density at radius 3 is 2.17 bits per heavy atom.